The molecule has 0 saturated heterocycles. The van der Waals surface area contributed by atoms with Gasteiger partial charge in [0.2, 0.25) is 0 Å². The SMILES string of the molecule is CC(=O)c1cc2c(cc1C(C)=O)C(=O)OC2=O. The molecule has 5 nitrogen and oxygen atoms in total. The minimum absolute atomic E-state index is 0.0326. The summed E-state index contributed by atoms with van der Waals surface area (Å²) in [5, 5.41) is 0. The van der Waals surface area contributed by atoms with Gasteiger partial charge in [-0.05, 0) is 26.0 Å². The van der Waals surface area contributed by atoms with E-state index in [1.54, 1.807) is 0 Å². The molecule has 86 valence electrons. The van der Waals surface area contributed by atoms with Gasteiger partial charge in [0.25, 0.3) is 0 Å². The molecule has 0 radical (unpaired) electrons. The van der Waals surface area contributed by atoms with Crippen LogP contribution >= 0.6 is 0 Å². The molecular weight excluding hydrogens is 224 g/mol. The summed E-state index contributed by atoms with van der Waals surface area (Å²) in [5.74, 6) is -2.26. The highest BCUT2D eigenvalue weighted by Gasteiger charge is 2.32. The first kappa shape index (κ1) is 11.2. The van der Waals surface area contributed by atoms with Crippen molar-refractivity contribution in [3.05, 3.63) is 34.4 Å². The van der Waals surface area contributed by atoms with Crippen molar-refractivity contribution in [3.8, 4) is 0 Å². The Hall–Kier alpha value is -2.30. The van der Waals surface area contributed by atoms with Gasteiger partial charge < -0.3 is 4.74 Å². The standard InChI is InChI=1S/C12H8O5/c1-5(13)7-3-9-10(4-8(7)6(2)14)12(16)17-11(9)15/h3-4H,1-2H3. The first-order valence-corrected chi connectivity index (χ1v) is 4.88. The molecule has 0 bridgehead atoms. The molecule has 1 aromatic rings. The van der Waals surface area contributed by atoms with E-state index in [-0.39, 0.29) is 33.8 Å². The number of rotatable bonds is 2. The third-order valence-corrected chi connectivity index (χ3v) is 2.54. The molecule has 0 aliphatic carbocycles. The van der Waals surface area contributed by atoms with E-state index in [2.05, 4.69) is 4.74 Å². The van der Waals surface area contributed by atoms with Crippen LogP contribution in [0.1, 0.15) is 55.3 Å². The number of ketones is 2. The van der Waals surface area contributed by atoms with Crippen LogP contribution in [-0.4, -0.2) is 23.5 Å². The van der Waals surface area contributed by atoms with E-state index in [4.69, 9.17) is 0 Å². The third-order valence-electron chi connectivity index (χ3n) is 2.54. The zero-order valence-corrected chi connectivity index (χ0v) is 9.20. The van der Waals surface area contributed by atoms with Gasteiger partial charge in [0.15, 0.2) is 11.6 Å². The zero-order valence-electron chi connectivity index (χ0n) is 9.20. The predicted octanol–water partition coefficient (Wildman–Crippen LogP) is 1.40. The van der Waals surface area contributed by atoms with Crippen molar-refractivity contribution < 1.29 is 23.9 Å². The van der Waals surface area contributed by atoms with Crippen LogP contribution in [0.25, 0.3) is 0 Å². The highest BCUT2D eigenvalue weighted by atomic mass is 16.6. The zero-order chi connectivity index (χ0) is 12.7. The van der Waals surface area contributed by atoms with Gasteiger partial charge in [-0.15, -0.1) is 0 Å². The molecule has 5 heteroatoms. The average molecular weight is 232 g/mol. The van der Waals surface area contributed by atoms with Crippen LogP contribution in [0.4, 0.5) is 0 Å². The van der Waals surface area contributed by atoms with Gasteiger partial charge >= 0.3 is 11.9 Å². The maximum Gasteiger partial charge on any atom is 0.346 e. The van der Waals surface area contributed by atoms with Crippen LogP contribution in [-0.2, 0) is 4.74 Å². The number of esters is 2. The summed E-state index contributed by atoms with van der Waals surface area (Å²) in [6.45, 7) is 2.58. The van der Waals surface area contributed by atoms with E-state index >= 15 is 0 Å². The van der Waals surface area contributed by atoms with Crippen LogP contribution in [0.3, 0.4) is 0 Å². The molecule has 0 unspecified atom stereocenters. The molecule has 2 rings (SSSR count). The highest BCUT2D eigenvalue weighted by molar-refractivity contribution is 6.18. The van der Waals surface area contributed by atoms with Crippen molar-refractivity contribution in [1.82, 2.24) is 0 Å². The van der Waals surface area contributed by atoms with E-state index in [9.17, 15) is 19.2 Å². The van der Waals surface area contributed by atoms with Crippen molar-refractivity contribution in [2.75, 3.05) is 0 Å². The van der Waals surface area contributed by atoms with Gasteiger partial charge in [0, 0.05) is 11.1 Å². The summed E-state index contributed by atoms with van der Waals surface area (Å²) in [6, 6.07) is 2.48. The van der Waals surface area contributed by atoms with Gasteiger partial charge in [-0.25, -0.2) is 9.59 Å². The van der Waals surface area contributed by atoms with E-state index in [0.29, 0.717) is 0 Å². The van der Waals surface area contributed by atoms with Crippen LogP contribution in [0.15, 0.2) is 12.1 Å². The number of ether oxygens (including phenoxy) is 1. The summed E-state index contributed by atoms with van der Waals surface area (Å²) in [6.07, 6.45) is 0. The molecule has 0 amide bonds. The van der Waals surface area contributed by atoms with E-state index < -0.39 is 11.9 Å². The Morgan fingerprint density at radius 2 is 1.24 bits per heavy atom. The number of Topliss-reactive ketones (excluding diaryl/α,β-unsaturated/α-hetero) is 2. The molecule has 17 heavy (non-hydrogen) atoms. The maximum absolute atomic E-state index is 11.4. The average Bonchev–Trinajstić information content (AvgIpc) is 2.52. The molecule has 0 saturated carbocycles. The Kier molecular flexibility index (Phi) is 2.38. The van der Waals surface area contributed by atoms with E-state index in [1.165, 1.54) is 26.0 Å². The predicted molar refractivity (Wildman–Crippen MR) is 56.2 cm³/mol. The van der Waals surface area contributed by atoms with E-state index in [0.717, 1.165) is 0 Å². The fourth-order valence-electron chi connectivity index (χ4n) is 1.71. The summed E-state index contributed by atoms with van der Waals surface area (Å²) in [4.78, 5) is 45.3. The molecule has 0 atom stereocenters. The quantitative estimate of drug-likeness (QED) is 0.437. The molecule has 1 aromatic carbocycles. The Morgan fingerprint density at radius 3 is 1.53 bits per heavy atom. The summed E-state index contributed by atoms with van der Waals surface area (Å²) in [5.41, 5.74) is 0.321. The molecule has 0 aromatic heterocycles. The number of hydrogen-bond acceptors (Lipinski definition) is 5. The van der Waals surface area contributed by atoms with Gasteiger partial charge in [0.1, 0.15) is 0 Å². The van der Waals surface area contributed by atoms with Crippen molar-refractivity contribution in [2.45, 2.75) is 13.8 Å². The second kappa shape index (κ2) is 3.62. The molecular formula is C12H8O5. The lowest BCUT2D eigenvalue weighted by Crippen LogP contribution is -2.07. The first-order chi connectivity index (χ1) is 7.91. The van der Waals surface area contributed by atoms with Gasteiger partial charge in [-0.1, -0.05) is 0 Å². The Bertz CT molecular complexity index is 532. The first-order valence-electron chi connectivity index (χ1n) is 4.88. The van der Waals surface area contributed by atoms with Crippen molar-refractivity contribution in [1.29, 1.82) is 0 Å². The summed E-state index contributed by atoms with van der Waals surface area (Å²) >= 11 is 0. The highest BCUT2D eigenvalue weighted by Crippen LogP contribution is 2.25. The normalized spacial score (nSPS) is 13.3. The van der Waals surface area contributed by atoms with Crippen LogP contribution in [0, 0.1) is 0 Å². The largest absolute Gasteiger partial charge is 0.386 e. The van der Waals surface area contributed by atoms with Gasteiger partial charge in [-0.3, -0.25) is 9.59 Å². The smallest absolute Gasteiger partial charge is 0.346 e. The number of fused-ring (bicyclic) bond motifs is 1. The minimum atomic E-state index is -0.789. The second-order valence-electron chi connectivity index (χ2n) is 3.73. The molecule has 0 fully saturated rings. The molecule has 1 aliphatic heterocycles. The van der Waals surface area contributed by atoms with Crippen LogP contribution in [0.2, 0.25) is 0 Å². The lowest BCUT2D eigenvalue weighted by molar-refractivity contribution is 0.0443. The van der Waals surface area contributed by atoms with Crippen LogP contribution < -0.4 is 0 Å². The van der Waals surface area contributed by atoms with Crippen molar-refractivity contribution in [3.63, 3.8) is 0 Å². The van der Waals surface area contributed by atoms with Crippen molar-refractivity contribution in [2.24, 2.45) is 0 Å². The number of carbonyl (C=O) groups is 4. The topological polar surface area (TPSA) is 77.5 Å². The summed E-state index contributed by atoms with van der Waals surface area (Å²) in [7, 11) is 0. The monoisotopic (exact) mass is 232 g/mol. The summed E-state index contributed by atoms with van der Waals surface area (Å²) < 4.78 is 4.40. The van der Waals surface area contributed by atoms with E-state index in [1.807, 2.05) is 0 Å². The second-order valence-corrected chi connectivity index (χ2v) is 3.73. The van der Waals surface area contributed by atoms with Gasteiger partial charge in [-0.2, -0.15) is 0 Å². The molecule has 0 spiro atoms. The number of cyclic esters (lactones) is 2. The Labute approximate surface area is 96.4 Å². The Balaban J connectivity index is 2.76. The van der Waals surface area contributed by atoms with Crippen LogP contribution in [0.5, 0.6) is 0 Å². The number of hydrogen-bond donors (Lipinski definition) is 0. The fourth-order valence-corrected chi connectivity index (χ4v) is 1.71. The molecule has 1 aliphatic rings. The molecule has 1 heterocycles. The molecule has 0 N–H and O–H groups in total. The maximum atomic E-state index is 11.4. The number of carbonyl (C=O) groups excluding carboxylic acids is 4. The van der Waals surface area contributed by atoms with Crippen molar-refractivity contribution >= 4 is 23.5 Å². The minimum Gasteiger partial charge on any atom is -0.386 e. The third kappa shape index (κ3) is 1.65. The lowest BCUT2D eigenvalue weighted by Gasteiger charge is -2.04. The fraction of sp³-hybridized carbons (Fsp3) is 0.167. The van der Waals surface area contributed by atoms with Gasteiger partial charge in [0.05, 0.1) is 11.1 Å². The Morgan fingerprint density at radius 1 is 0.882 bits per heavy atom. The number of benzene rings is 1. The lowest BCUT2D eigenvalue weighted by atomic mass is 9.95.